The third-order valence-electron chi connectivity index (χ3n) is 2.75. The summed E-state index contributed by atoms with van der Waals surface area (Å²) in [6.07, 6.45) is 5.37. The van der Waals surface area contributed by atoms with Crippen molar-refractivity contribution >= 4 is 17.4 Å². The first kappa shape index (κ1) is 11.6. The standard InChI is InChI=1S/C14H10ClNO/c15-13-6-3-7-14(17)12(13)8-10-4-1-2-5-11(10)9-16/h1-7,12H,8H2. The lowest BCUT2D eigenvalue weighted by molar-refractivity contribution is -0.117. The molecule has 0 aromatic heterocycles. The zero-order valence-electron chi connectivity index (χ0n) is 9.06. The van der Waals surface area contributed by atoms with Crippen molar-refractivity contribution < 1.29 is 4.79 Å². The van der Waals surface area contributed by atoms with Crippen molar-refractivity contribution in [2.24, 2.45) is 5.92 Å². The van der Waals surface area contributed by atoms with Crippen LogP contribution in [0.4, 0.5) is 0 Å². The molecule has 0 saturated heterocycles. The van der Waals surface area contributed by atoms with Crippen LogP contribution in [-0.2, 0) is 11.2 Å². The van der Waals surface area contributed by atoms with Crippen LogP contribution >= 0.6 is 11.6 Å². The Morgan fingerprint density at radius 2 is 2.12 bits per heavy atom. The second-order valence-corrected chi connectivity index (χ2v) is 4.28. The average molecular weight is 244 g/mol. The van der Waals surface area contributed by atoms with E-state index in [0.717, 1.165) is 5.56 Å². The summed E-state index contributed by atoms with van der Waals surface area (Å²) in [5.41, 5.74) is 1.45. The second kappa shape index (κ2) is 4.99. The van der Waals surface area contributed by atoms with Gasteiger partial charge in [0, 0.05) is 5.03 Å². The normalized spacial score (nSPS) is 18.7. The molecule has 1 aliphatic rings. The van der Waals surface area contributed by atoms with Gasteiger partial charge in [0.05, 0.1) is 17.6 Å². The zero-order valence-corrected chi connectivity index (χ0v) is 9.82. The number of nitrogens with zero attached hydrogens (tertiary/aromatic N) is 1. The Kier molecular flexibility index (Phi) is 3.41. The predicted octanol–water partition coefficient (Wildman–Crippen LogP) is 2.98. The first-order valence-electron chi connectivity index (χ1n) is 5.28. The van der Waals surface area contributed by atoms with Gasteiger partial charge in [-0.05, 0) is 30.2 Å². The molecular formula is C14H10ClNO. The van der Waals surface area contributed by atoms with Crippen LogP contribution in [-0.4, -0.2) is 5.78 Å². The molecule has 0 heterocycles. The van der Waals surface area contributed by atoms with Crippen molar-refractivity contribution in [3.05, 3.63) is 58.7 Å². The molecule has 0 spiro atoms. The highest BCUT2D eigenvalue weighted by Gasteiger charge is 2.23. The Morgan fingerprint density at radius 1 is 1.35 bits per heavy atom. The summed E-state index contributed by atoms with van der Waals surface area (Å²) in [5.74, 6) is -0.360. The van der Waals surface area contributed by atoms with Crippen LogP contribution in [0.3, 0.4) is 0 Å². The molecule has 2 nitrogen and oxygen atoms in total. The van der Waals surface area contributed by atoms with E-state index >= 15 is 0 Å². The summed E-state index contributed by atoms with van der Waals surface area (Å²) in [4.78, 5) is 11.7. The number of benzene rings is 1. The Balaban J connectivity index is 2.27. The van der Waals surface area contributed by atoms with Crippen LogP contribution in [0.5, 0.6) is 0 Å². The number of ketones is 1. The predicted molar refractivity (Wildman–Crippen MR) is 66.4 cm³/mol. The monoisotopic (exact) mass is 243 g/mol. The van der Waals surface area contributed by atoms with E-state index in [1.165, 1.54) is 6.08 Å². The van der Waals surface area contributed by atoms with Crippen LogP contribution < -0.4 is 0 Å². The van der Waals surface area contributed by atoms with E-state index in [1.807, 2.05) is 18.2 Å². The maximum atomic E-state index is 11.7. The molecule has 0 N–H and O–H groups in total. The van der Waals surface area contributed by atoms with Crippen LogP contribution in [0, 0.1) is 17.2 Å². The van der Waals surface area contributed by atoms with Crippen LogP contribution in [0.15, 0.2) is 47.5 Å². The Morgan fingerprint density at radius 3 is 2.82 bits per heavy atom. The summed E-state index contributed by atoms with van der Waals surface area (Å²) in [6, 6.07) is 9.39. The number of carbonyl (C=O) groups excluding carboxylic acids is 1. The van der Waals surface area contributed by atoms with Crippen molar-refractivity contribution in [2.45, 2.75) is 6.42 Å². The van der Waals surface area contributed by atoms with Crippen molar-refractivity contribution in [1.29, 1.82) is 5.26 Å². The van der Waals surface area contributed by atoms with E-state index in [1.54, 1.807) is 18.2 Å². The number of carbonyl (C=O) groups is 1. The van der Waals surface area contributed by atoms with E-state index in [4.69, 9.17) is 16.9 Å². The van der Waals surface area contributed by atoms with E-state index in [9.17, 15) is 4.79 Å². The molecule has 1 unspecified atom stereocenters. The number of nitriles is 1. The van der Waals surface area contributed by atoms with Crippen molar-refractivity contribution in [3.8, 4) is 6.07 Å². The maximum Gasteiger partial charge on any atom is 0.164 e. The van der Waals surface area contributed by atoms with Crippen molar-refractivity contribution in [3.63, 3.8) is 0 Å². The van der Waals surface area contributed by atoms with Gasteiger partial charge < -0.3 is 0 Å². The lowest BCUT2D eigenvalue weighted by Gasteiger charge is -2.16. The molecule has 0 amide bonds. The summed E-state index contributed by atoms with van der Waals surface area (Å²) >= 11 is 6.03. The van der Waals surface area contributed by atoms with Crippen LogP contribution in [0.25, 0.3) is 0 Å². The molecule has 0 saturated carbocycles. The number of hydrogen-bond donors (Lipinski definition) is 0. The summed E-state index contributed by atoms with van der Waals surface area (Å²) < 4.78 is 0. The molecule has 0 radical (unpaired) electrons. The number of rotatable bonds is 2. The third kappa shape index (κ3) is 2.46. The molecule has 1 aromatic carbocycles. The average Bonchev–Trinajstić information content (AvgIpc) is 2.34. The molecule has 17 heavy (non-hydrogen) atoms. The molecule has 2 rings (SSSR count). The number of halogens is 1. The highest BCUT2D eigenvalue weighted by Crippen LogP contribution is 2.26. The van der Waals surface area contributed by atoms with Gasteiger partial charge in [-0.15, -0.1) is 0 Å². The smallest absolute Gasteiger partial charge is 0.164 e. The maximum absolute atomic E-state index is 11.7. The van der Waals surface area contributed by atoms with E-state index in [0.29, 0.717) is 17.0 Å². The van der Waals surface area contributed by atoms with Crippen LogP contribution in [0.2, 0.25) is 0 Å². The van der Waals surface area contributed by atoms with Gasteiger partial charge in [0.25, 0.3) is 0 Å². The van der Waals surface area contributed by atoms with E-state index in [-0.39, 0.29) is 11.7 Å². The Bertz CT molecular complexity index is 552. The van der Waals surface area contributed by atoms with Gasteiger partial charge in [0.15, 0.2) is 5.78 Å². The lowest BCUT2D eigenvalue weighted by Crippen LogP contribution is -2.18. The molecule has 0 aliphatic heterocycles. The lowest BCUT2D eigenvalue weighted by atomic mass is 9.90. The second-order valence-electron chi connectivity index (χ2n) is 3.84. The summed E-state index contributed by atoms with van der Waals surface area (Å²) in [6.45, 7) is 0. The highest BCUT2D eigenvalue weighted by atomic mass is 35.5. The number of allylic oxidation sites excluding steroid dienone is 4. The minimum absolute atomic E-state index is 0.00903. The fourth-order valence-electron chi connectivity index (χ4n) is 1.83. The highest BCUT2D eigenvalue weighted by molar-refractivity contribution is 6.32. The van der Waals surface area contributed by atoms with Gasteiger partial charge >= 0.3 is 0 Å². The first-order chi connectivity index (χ1) is 8.22. The Hall–Kier alpha value is -1.85. The largest absolute Gasteiger partial charge is 0.294 e. The molecule has 0 bridgehead atoms. The summed E-state index contributed by atoms with van der Waals surface area (Å²) in [5, 5.41) is 9.52. The molecular weight excluding hydrogens is 234 g/mol. The molecule has 1 atom stereocenters. The molecule has 1 aromatic rings. The van der Waals surface area contributed by atoms with Gasteiger partial charge in [-0.25, -0.2) is 0 Å². The van der Waals surface area contributed by atoms with Gasteiger partial charge in [-0.1, -0.05) is 35.9 Å². The minimum Gasteiger partial charge on any atom is -0.294 e. The van der Waals surface area contributed by atoms with Gasteiger partial charge in [-0.2, -0.15) is 5.26 Å². The molecule has 84 valence electrons. The van der Waals surface area contributed by atoms with Gasteiger partial charge in [0.2, 0.25) is 0 Å². The topological polar surface area (TPSA) is 40.9 Å². The van der Waals surface area contributed by atoms with Gasteiger partial charge in [-0.3, -0.25) is 4.79 Å². The Labute approximate surface area is 105 Å². The minimum atomic E-state index is -0.351. The molecule has 3 heteroatoms. The quantitative estimate of drug-likeness (QED) is 0.801. The summed E-state index contributed by atoms with van der Waals surface area (Å²) in [7, 11) is 0. The molecule has 0 fully saturated rings. The number of hydrogen-bond acceptors (Lipinski definition) is 2. The van der Waals surface area contributed by atoms with E-state index < -0.39 is 0 Å². The molecule has 1 aliphatic carbocycles. The third-order valence-corrected chi connectivity index (χ3v) is 3.14. The fraction of sp³-hybridized carbons (Fsp3) is 0.143. The van der Waals surface area contributed by atoms with Crippen molar-refractivity contribution in [2.75, 3.05) is 0 Å². The van der Waals surface area contributed by atoms with Gasteiger partial charge in [0.1, 0.15) is 0 Å². The zero-order chi connectivity index (χ0) is 12.3. The van der Waals surface area contributed by atoms with E-state index in [2.05, 4.69) is 6.07 Å². The van der Waals surface area contributed by atoms with Crippen molar-refractivity contribution in [1.82, 2.24) is 0 Å². The van der Waals surface area contributed by atoms with Crippen LogP contribution in [0.1, 0.15) is 11.1 Å². The SMILES string of the molecule is N#Cc1ccccc1CC1C(=O)C=CC=C1Cl. The fourth-order valence-corrected chi connectivity index (χ4v) is 2.09. The first-order valence-corrected chi connectivity index (χ1v) is 5.66.